The number of rotatable bonds is 3. The molecule has 5 heteroatoms. The fraction of sp³-hybridized carbons (Fsp3) is 0.462. The first-order valence-electron chi connectivity index (χ1n) is 6.21. The fourth-order valence-electron chi connectivity index (χ4n) is 2.46. The predicted molar refractivity (Wildman–Crippen MR) is 78.7 cm³/mol. The van der Waals surface area contributed by atoms with Crippen LogP contribution in [-0.4, -0.2) is 18.6 Å². The van der Waals surface area contributed by atoms with Gasteiger partial charge in [-0.3, -0.25) is 0 Å². The third-order valence-corrected chi connectivity index (χ3v) is 5.34. The van der Waals surface area contributed by atoms with Crippen molar-refractivity contribution in [1.29, 1.82) is 0 Å². The maximum atomic E-state index is 4.72. The second-order valence-electron chi connectivity index (χ2n) is 4.57. The molecule has 2 aromatic rings. The molecular weight excluding hydrogens is 262 g/mol. The molecule has 0 bridgehead atoms. The molecule has 0 aliphatic carbocycles. The van der Waals surface area contributed by atoms with E-state index in [1.165, 1.54) is 5.56 Å². The summed E-state index contributed by atoms with van der Waals surface area (Å²) in [6.07, 6.45) is 1.15. The highest BCUT2D eigenvalue weighted by Gasteiger charge is 2.26. The number of anilines is 1. The van der Waals surface area contributed by atoms with E-state index in [2.05, 4.69) is 34.0 Å². The number of nitrogens with zero attached hydrogens (tertiary/aromatic N) is 2. The molecule has 1 atom stereocenters. The van der Waals surface area contributed by atoms with Crippen molar-refractivity contribution in [2.24, 2.45) is 0 Å². The lowest BCUT2D eigenvalue weighted by atomic mass is 10.0. The molecule has 0 fully saturated rings. The van der Waals surface area contributed by atoms with E-state index >= 15 is 0 Å². The van der Waals surface area contributed by atoms with Gasteiger partial charge in [-0.2, -0.15) is 0 Å². The van der Waals surface area contributed by atoms with Crippen molar-refractivity contribution in [2.75, 3.05) is 18.5 Å². The monoisotopic (exact) mass is 279 g/mol. The van der Waals surface area contributed by atoms with Crippen molar-refractivity contribution >= 4 is 27.8 Å². The summed E-state index contributed by atoms with van der Waals surface area (Å²) in [5, 5.41) is 8.67. The third kappa shape index (κ3) is 2.06. The highest BCUT2D eigenvalue weighted by atomic mass is 32.1. The fourth-order valence-corrected chi connectivity index (χ4v) is 4.36. The molecular formula is C13H17N3S2. The van der Waals surface area contributed by atoms with Crippen LogP contribution < -0.4 is 10.2 Å². The highest BCUT2D eigenvalue weighted by Crippen LogP contribution is 2.37. The molecule has 3 nitrogen and oxygen atoms in total. The van der Waals surface area contributed by atoms with Gasteiger partial charge in [-0.1, -0.05) is 0 Å². The number of hydrogen-bond acceptors (Lipinski definition) is 5. The van der Waals surface area contributed by atoms with Crippen LogP contribution in [0.5, 0.6) is 0 Å². The van der Waals surface area contributed by atoms with Crippen LogP contribution in [0.3, 0.4) is 0 Å². The minimum absolute atomic E-state index is 0.452. The first-order chi connectivity index (χ1) is 8.79. The molecule has 0 amide bonds. The van der Waals surface area contributed by atoms with Gasteiger partial charge in [0.2, 0.25) is 0 Å². The van der Waals surface area contributed by atoms with Gasteiger partial charge in [0.1, 0.15) is 0 Å². The van der Waals surface area contributed by atoms with Crippen LogP contribution in [0.1, 0.15) is 29.1 Å². The summed E-state index contributed by atoms with van der Waals surface area (Å²) in [5.74, 6) is 0. The summed E-state index contributed by atoms with van der Waals surface area (Å²) in [4.78, 5) is 8.69. The van der Waals surface area contributed by atoms with E-state index in [0.717, 1.165) is 30.3 Å². The van der Waals surface area contributed by atoms with Gasteiger partial charge in [0.25, 0.3) is 0 Å². The van der Waals surface area contributed by atoms with Crippen LogP contribution in [0.25, 0.3) is 0 Å². The number of aromatic nitrogens is 1. The van der Waals surface area contributed by atoms with Gasteiger partial charge in [0.05, 0.1) is 11.7 Å². The molecule has 0 radical (unpaired) electrons. The topological polar surface area (TPSA) is 28.2 Å². The van der Waals surface area contributed by atoms with Gasteiger partial charge in [-0.05, 0) is 37.4 Å². The maximum Gasteiger partial charge on any atom is 0.186 e. The number of thiophene rings is 1. The molecule has 0 saturated heterocycles. The number of fused-ring (bicyclic) bond motifs is 1. The summed E-state index contributed by atoms with van der Waals surface area (Å²) in [6.45, 7) is 4.22. The predicted octanol–water partition coefficient (Wildman–Crippen LogP) is 3.05. The molecule has 96 valence electrons. The molecule has 3 heterocycles. The number of thiazole rings is 1. The molecule has 1 N–H and O–H groups in total. The average Bonchev–Trinajstić information content (AvgIpc) is 2.99. The van der Waals surface area contributed by atoms with Gasteiger partial charge in [0, 0.05) is 23.3 Å². The third-order valence-electron chi connectivity index (χ3n) is 3.42. The zero-order valence-electron chi connectivity index (χ0n) is 10.6. The minimum Gasteiger partial charge on any atom is -0.341 e. The van der Waals surface area contributed by atoms with Crippen LogP contribution in [0, 0.1) is 0 Å². The Morgan fingerprint density at radius 2 is 2.39 bits per heavy atom. The van der Waals surface area contributed by atoms with Crippen LogP contribution in [0.4, 0.5) is 5.13 Å². The molecule has 18 heavy (non-hydrogen) atoms. The number of nitrogens with one attached hydrogen (secondary N) is 1. The Kier molecular flexibility index (Phi) is 3.37. The molecule has 1 unspecified atom stereocenters. The summed E-state index contributed by atoms with van der Waals surface area (Å²) < 4.78 is 0. The van der Waals surface area contributed by atoms with Gasteiger partial charge in [0.15, 0.2) is 5.13 Å². The number of hydrogen-bond donors (Lipinski definition) is 1. The van der Waals surface area contributed by atoms with Crippen LogP contribution in [0.2, 0.25) is 0 Å². The summed E-state index contributed by atoms with van der Waals surface area (Å²) >= 11 is 3.64. The molecule has 2 aromatic heterocycles. The van der Waals surface area contributed by atoms with Crippen LogP contribution >= 0.6 is 22.7 Å². The standard InChI is InChI=1S/C13H17N3S2/c1-9-11-4-6-17-12(11)3-5-16(9)13-15-10(7-14-2)8-18-13/h4,6,8-9,14H,3,5,7H2,1-2H3. The quantitative estimate of drug-likeness (QED) is 0.936. The second-order valence-corrected chi connectivity index (χ2v) is 6.41. The highest BCUT2D eigenvalue weighted by molar-refractivity contribution is 7.13. The van der Waals surface area contributed by atoms with Gasteiger partial charge in [-0.15, -0.1) is 22.7 Å². The molecule has 1 aliphatic rings. The van der Waals surface area contributed by atoms with E-state index in [-0.39, 0.29) is 0 Å². The first kappa shape index (κ1) is 12.1. The van der Waals surface area contributed by atoms with E-state index in [0.29, 0.717) is 6.04 Å². The van der Waals surface area contributed by atoms with Crippen LogP contribution in [-0.2, 0) is 13.0 Å². The van der Waals surface area contributed by atoms with Crippen molar-refractivity contribution in [1.82, 2.24) is 10.3 Å². The molecule has 0 spiro atoms. The Balaban J connectivity index is 1.84. The molecule has 1 aliphatic heterocycles. The van der Waals surface area contributed by atoms with Crippen LogP contribution in [0.15, 0.2) is 16.8 Å². The van der Waals surface area contributed by atoms with Gasteiger partial charge < -0.3 is 10.2 Å². The molecule has 0 saturated carbocycles. The Bertz CT molecular complexity index is 532. The first-order valence-corrected chi connectivity index (χ1v) is 7.97. The van der Waals surface area contributed by atoms with E-state index in [4.69, 9.17) is 4.98 Å². The van der Waals surface area contributed by atoms with Crippen molar-refractivity contribution < 1.29 is 0 Å². The average molecular weight is 279 g/mol. The van der Waals surface area contributed by atoms with E-state index in [1.807, 2.05) is 18.4 Å². The Morgan fingerprint density at radius 3 is 3.22 bits per heavy atom. The largest absolute Gasteiger partial charge is 0.341 e. The molecule has 0 aromatic carbocycles. The second kappa shape index (κ2) is 4.99. The van der Waals surface area contributed by atoms with E-state index in [1.54, 1.807) is 16.2 Å². The lowest BCUT2D eigenvalue weighted by Gasteiger charge is -2.33. The Hall–Kier alpha value is -0.910. The van der Waals surface area contributed by atoms with Crippen molar-refractivity contribution in [3.8, 4) is 0 Å². The molecule has 3 rings (SSSR count). The summed E-state index contributed by atoms with van der Waals surface area (Å²) in [6, 6.07) is 2.72. The zero-order chi connectivity index (χ0) is 12.5. The van der Waals surface area contributed by atoms with E-state index in [9.17, 15) is 0 Å². The SMILES string of the molecule is CNCc1csc(N2CCc3sccc3C2C)n1. The van der Waals surface area contributed by atoms with Crippen molar-refractivity contribution in [3.05, 3.63) is 33.0 Å². The van der Waals surface area contributed by atoms with Gasteiger partial charge in [-0.25, -0.2) is 4.98 Å². The summed E-state index contributed by atoms with van der Waals surface area (Å²) in [7, 11) is 1.96. The Morgan fingerprint density at radius 1 is 1.50 bits per heavy atom. The smallest absolute Gasteiger partial charge is 0.186 e. The lowest BCUT2D eigenvalue weighted by Crippen LogP contribution is -2.33. The normalized spacial score (nSPS) is 19.0. The maximum absolute atomic E-state index is 4.72. The lowest BCUT2D eigenvalue weighted by molar-refractivity contribution is 0.629. The van der Waals surface area contributed by atoms with Crippen molar-refractivity contribution in [2.45, 2.75) is 25.9 Å². The van der Waals surface area contributed by atoms with Crippen molar-refractivity contribution in [3.63, 3.8) is 0 Å². The Labute approximate surface area is 115 Å². The zero-order valence-corrected chi connectivity index (χ0v) is 12.3. The van der Waals surface area contributed by atoms with Gasteiger partial charge >= 0.3 is 0 Å². The minimum atomic E-state index is 0.452. The van der Waals surface area contributed by atoms with E-state index < -0.39 is 0 Å². The summed E-state index contributed by atoms with van der Waals surface area (Å²) in [5.41, 5.74) is 2.62.